The summed E-state index contributed by atoms with van der Waals surface area (Å²) >= 11 is 1.88. The normalized spacial score (nSPS) is 20.6. The zero-order valence-electron chi connectivity index (χ0n) is 12.0. The van der Waals surface area contributed by atoms with Gasteiger partial charge in [-0.3, -0.25) is 0 Å². The molecule has 0 bridgehead atoms. The van der Waals surface area contributed by atoms with Gasteiger partial charge in [0, 0.05) is 24.5 Å². The first kappa shape index (κ1) is 13.8. The van der Waals surface area contributed by atoms with Crippen LogP contribution < -0.4 is 10.2 Å². The molecule has 102 valence electrons. The Morgan fingerprint density at radius 3 is 3.00 bits per heavy atom. The first-order valence-electron chi connectivity index (χ1n) is 7.03. The standard InChI is InChI=1S/C14H25N3S/c1-5-10(2)9-17(4)14-16-12-8-6-7-11(15-3)13(12)18-14/h10-11,15H,5-9H2,1-4H3. The maximum absolute atomic E-state index is 4.84. The zero-order chi connectivity index (χ0) is 13.1. The summed E-state index contributed by atoms with van der Waals surface area (Å²) in [6.07, 6.45) is 4.90. The summed E-state index contributed by atoms with van der Waals surface area (Å²) in [5.41, 5.74) is 1.33. The van der Waals surface area contributed by atoms with Crippen molar-refractivity contribution in [3.63, 3.8) is 0 Å². The van der Waals surface area contributed by atoms with Gasteiger partial charge < -0.3 is 10.2 Å². The molecule has 0 saturated carbocycles. The highest BCUT2D eigenvalue weighted by atomic mass is 32.1. The van der Waals surface area contributed by atoms with Crippen molar-refractivity contribution in [2.75, 3.05) is 25.5 Å². The van der Waals surface area contributed by atoms with Crippen LogP contribution in [0.5, 0.6) is 0 Å². The quantitative estimate of drug-likeness (QED) is 0.888. The lowest BCUT2D eigenvalue weighted by Crippen LogP contribution is -2.23. The molecule has 2 rings (SSSR count). The van der Waals surface area contributed by atoms with E-state index < -0.39 is 0 Å². The van der Waals surface area contributed by atoms with Gasteiger partial charge in [0.25, 0.3) is 0 Å². The molecule has 18 heavy (non-hydrogen) atoms. The van der Waals surface area contributed by atoms with Crippen molar-refractivity contribution in [1.82, 2.24) is 10.3 Å². The highest BCUT2D eigenvalue weighted by molar-refractivity contribution is 7.15. The summed E-state index contributed by atoms with van der Waals surface area (Å²) < 4.78 is 0. The van der Waals surface area contributed by atoms with Gasteiger partial charge >= 0.3 is 0 Å². The van der Waals surface area contributed by atoms with E-state index in [-0.39, 0.29) is 0 Å². The Morgan fingerprint density at radius 1 is 1.56 bits per heavy atom. The van der Waals surface area contributed by atoms with E-state index in [1.807, 2.05) is 11.3 Å². The number of fused-ring (bicyclic) bond motifs is 1. The Hall–Kier alpha value is -0.610. The largest absolute Gasteiger partial charge is 0.351 e. The van der Waals surface area contributed by atoms with Crippen LogP contribution >= 0.6 is 11.3 Å². The predicted molar refractivity (Wildman–Crippen MR) is 79.6 cm³/mol. The first-order valence-corrected chi connectivity index (χ1v) is 7.85. The average molecular weight is 267 g/mol. The first-order chi connectivity index (χ1) is 8.65. The molecule has 1 aliphatic carbocycles. The number of hydrogen-bond donors (Lipinski definition) is 1. The molecule has 1 heterocycles. The highest BCUT2D eigenvalue weighted by Crippen LogP contribution is 2.37. The number of aromatic nitrogens is 1. The molecule has 3 nitrogen and oxygen atoms in total. The van der Waals surface area contributed by atoms with Gasteiger partial charge in [0.2, 0.25) is 0 Å². The van der Waals surface area contributed by atoms with Crippen LogP contribution in [0, 0.1) is 5.92 Å². The molecule has 0 amide bonds. The monoisotopic (exact) mass is 267 g/mol. The van der Waals surface area contributed by atoms with Crippen molar-refractivity contribution in [2.24, 2.45) is 5.92 Å². The van der Waals surface area contributed by atoms with Crippen LogP contribution in [0.2, 0.25) is 0 Å². The van der Waals surface area contributed by atoms with Crippen molar-refractivity contribution in [3.05, 3.63) is 10.6 Å². The maximum Gasteiger partial charge on any atom is 0.185 e. The second-order valence-corrected chi connectivity index (χ2v) is 6.44. The van der Waals surface area contributed by atoms with E-state index in [1.54, 1.807) is 0 Å². The fourth-order valence-electron chi connectivity index (χ4n) is 2.52. The summed E-state index contributed by atoms with van der Waals surface area (Å²) in [4.78, 5) is 8.63. The second kappa shape index (κ2) is 6.02. The lowest BCUT2D eigenvalue weighted by Gasteiger charge is -2.20. The summed E-state index contributed by atoms with van der Waals surface area (Å²) in [5.74, 6) is 0.732. The van der Waals surface area contributed by atoms with Crippen LogP contribution in [0.3, 0.4) is 0 Å². The van der Waals surface area contributed by atoms with Crippen LogP contribution in [0.1, 0.15) is 49.7 Å². The molecule has 0 radical (unpaired) electrons. The summed E-state index contributed by atoms with van der Waals surface area (Å²) in [7, 11) is 4.23. The molecule has 2 unspecified atom stereocenters. The number of aryl methyl sites for hydroxylation is 1. The smallest absolute Gasteiger partial charge is 0.185 e. The van der Waals surface area contributed by atoms with E-state index in [1.165, 1.54) is 35.0 Å². The van der Waals surface area contributed by atoms with Gasteiger partial charge in [-0.1, -0.05) is 31.6 Å². The van der Waals surface area contributed by atoms with Gasteiger partial charge in [0.1, 0.15) is 0 Å². The third-order valence-electron chi connectivity index (χ3n) is 3.90. The Kier molecular flexibility index (Phi) is 4.62. The SMILES string of the molecule is CCC(C)CN(C)c1nc2c(s1)C(NC)CCC2. The van der Waals surface area contributed by atoms with Gasteiger partial charge in [-0.25, -0.2) is 4.98 Å². The lowest BCUT2D eigenvalue weighted by molar-refractivity contribution is 0.501. The van der Waals surface area contributed by atoms with E-state index in [0.29, 0.717) is 6.04 Å². The van der Waals surface area contributed by atoms with E-state index in [0.717, 1.165) is 18.9 Å². The van der Waals surface area contributed by atoms with Crippen molar-refractivity contribution in [3.8, 4) is 0 Å². The number of nitrogens with zero attached hydrogens (tertiary/aromatic N) is 2. The average Bonchev–Trinajstić information content (AvgIpc) is 2.82. The van der Waals surface area contributed by atoms with E-state index in [4.69, 9.17) is 4.98 Å². The predicted octanol–water partition coefficient (Wildman–Crippen LogP) is 3.22. The molecule has 2 atom stereocenters. The Bertz CT molecular complexity index is 388. The second-order valence-electron chi connectivity index (χ2n) is 5.43. The summed E-state index contributed by atoms with van der Waals surface area (Å²) in [5, 5.41) is 4.61. The molecule has 1 aromatic rings. The molecule has 1 N–H and O–H groups in total. The number of rotatable bonds is 5. The number of anilines is 1. The van der Waals surface area contributed by atoms with Crippen molar-refractivity contribution in [2.45, 2.75) is 45.6 Å². The number of nitrogens with one attached hydrogen (secondary N) is 1. The van der Waals surface area contributed by atoms with Gasteiger partial charge in [-0.05, 0) is 32.2 Å². The molecule has 0 aromatic carbocycles. The van der Waals surface area contributed by atoms with Crippen LogP contribution in [0.4, 0.5) is 5.13 Å². The molecular weight excluding hydrogens is 242 g/mol. The van der Waals surface area contributed by atoms with Gasteiger partial charge in [-0.15, -0.1) is 0 Å². The minimum Gasteiger partial charge on any atom is -0.351 e. The molecule has 0 saturated heterocycles. The fraction of sp³-hybridized carbons (Fsp3) is 0.786. The lowest BCUT2D eigenvalue weighted by atomic mass is 9.98. The zero-order valence-corrected chi connectivity index (χ0v) is 12.8. The van der Waals surface area contributed by atoms with E-state index in [2.05, 4.69) is 38.2 Å². The van der Waals surface area contributed by atoms with Gasteiger partial charge in [-0.2, -0.15) is 0 Å². The van der Waals surface area contributed by atoms with Crippen LogP contribution in [0.25, 0.3) is 0 Å². The Balaban J connectivity index is 2.13. The fourth-order valence-corrected chi connectivity index (χ4v) is 3.75. The van der Waals surface area contributed by atoms with E-state index in [9.17, 15) is 0 Å². The third kappa shape index (κ3) is 2.86. The van der Waals surface area contributed by atoms with Crippen molar-refractivity contribution < 1.29 is 0 Å². The van der Waals surface area contributed by atoms with E-state index >= 15 is 0 Å². The minimum atomic E-state index is 0.525. The summed E-state index contributed by atoms with van der Waals surface area (Å²) in [6, 6.07) is 0.525. The molecule has 1 aliphatic rings. The number of thiazole rings is 1. The topological polar surface area (TPSA) is 28.2 Å². The summed E-state index contributed by atoms with van der Waals surface area (Å²) in [6.45, 7) is 5.66. The maximum atomic E-state index is 4.84. The molecule has 4 heteroatoms. The van der Waals surface area contributed by atoms with Gasteiger partial charge in [0.15, 0.2) is 5.13 Å². The minimum absolute atomic E-state index is 0.525. The van der Waals surface area contributed by atoms with Gasteiger partial charge in [0.05, 0.1) is 5.69 Å². The molecule has 1 aromatic heterocycles. The Labute approximate surface area is 115 Å². The van der Waals surface area contributed by atoms with Crippen molar-refractivity contribution in [1.29, 1.82) is 0 Å². The van der Waals surface area contributed by atoms with Crippen molar-refractivity contribution >= 4 is 16.5 Å². The molecule has 0 aliphatic heterocycles. The molecular formula is C14H25N3S. The highest BCUT2D eigenvalue weighted by Gasteiger charge is 2.24. The van der Waals surface area contributed by atoms with Crippen LogP contribution in [-0.4, -0.2) is 25.6 Å². The van der Waals surface area contributed by atoms with Crippen LogP contribution in [0.15, 0.2) is 0 Å². The molecule has 0 fully saturated rings. The number of hydrogen-bond acceptors (Lipinski definition) is 4. The molecule has 0 spiro atoms. The van der Waals surface area contributed by atoms with Crippen LogP contribution in [-0.2, 0) is 6.42 Å². The third-order valence-corrected chi connectivity index (χ3v) is 5.22. The Morgan fingerprint density at radius 2 is 2.33 bits per heavy atom.